The lowest BCUT2D eigenvalue weighted by molar-refractivity contribution is 0.162. The first kappa shape index (κ1) is 13.4. The molecule has 6 heteroatoms. The van der Waals surface area contributed by atoms with Crippen LogP contribution in [0.1, 0.15) is 19.8 Å². The maximum atomic E-state index is 11.8. The normalized spacial score (nSPS) is 24.3. The summed E-state index contributed by atoms with van der Waals surface area (Å²) in [6, 6.07) is 0. The van der Waals surface area contributed by atoms with Crippen molar-refractivity contribution in [3.05, 3.63) is 0 Å². The van der Waals surface area contributed by atoms with Gasteiger partial charge in [0.1, 0.15) is 0 Å². The van der Waals surface area contributed by atoms with E-state index in [0.29, 0.717) is 31.1 Å². The number of piperidine rings is 1. The van der Waals surface area contributed by atoms with E-state index in [1.54, 1.807) is 4.31 Å². The molecule has 1 atom stereocenters. The van der Waals surface area contributed by atoms with Crippen LogP contribution >= 0.6 is 15.9 Å². The number of halogens is 1. The minimum Gasteiger partial charge on any atom is -0.381 e. The van der Waals surface area contributed by atoms with Crippen LogP contribution in [0.4, 0.5) is 0 Å². The Morgan fingerprint density at radius 1 is 1.53 bits per heavy atom. The number of hydrogen-bond acceptors (Lipinski definition) is 3. The monoisotopic (exact) mass is 299 g/mol. The fraction of sp³-hybridized carbons (Fsp3) is 1.00. The molecule has 0 aromatic heterocycles. The minimum atomic E-state index is -3.11. The number of ether oxygens (including phenoxy) is 1. The highest BCUT2D eigenvalue weighted by Crippen LogP contribution is 2.19. The highest BCUT2D eigenvalue weighted by Gasteiger charge is 2.27. The second-order valence-electron chi connectivity index (χ2n) is 3.61. The van der Waals surface area contributed by atoms with Crippen LogP contribution in [0.5, 0.6) is 0 Å². The van der Waals surface area contributed by atoms with Gasteiger partial charge >= 0.3 is 0 Å². The SMILES string of the molecule is CCOCCS(=O)(=O)N1CCCC(Br)C1. The Hall–Kier alpha value is 0.350. The molecule has 4 nitrogen and oxygen atoms in total. The lowest BCUT2D eigenvalue weighted by atomic mass is 10.2. The fourth-order valence-electron chi connectivity index (χ4n) is 1.58. The van der Waals surface area contributed by atoms with Crippen molar-refractivity contribution in [2.45, 2.75) is 24.6 Å². The summed E-state index contributed by atoms with van der Waals surface area (Å²) in [5.74, 6) is 0.0978. The number of hydrogen-bond donors (Lipinski definition) is 0. The van der Waals surface area contributed by atoms with E-state index in [9.17, 15) is 8.42 Å². The van der Waals surface area contributed by atoms with Crippen molar-refractivity contribution >= 4 is 26.0 Å². The zero-order chi connectivity index (χ0) is 11.3. The lowest BCUT2D eigenvalue weighted by Crippen LogP contribution is -2.42. The van der Waals surface area contributed by atoms with E-state index >= 15 is 0 Å². The number of alkyl halides is 1. The van der Waals surface area contributed by atoms with Gasteiger partial charge in [-0.05, 0) is 19.8 Å². The number of rotatable bonds is 5. The Morgan fingerprint density at radius 2 is 2.27 bits per heavy atom. The highest BCUT2D eigenvalue weighted by molar-refractivity contribution is 9.09. The van der Waals surface area contributed by atoms with E-state index in [-0.39, 0.29) is 5.75 Å². The standard InChI is InChI=1S/C9H18BrNO3S/c1-2-14-6-7-15(12,13)11-5-3-4-9(10)8-11/h9H,2-8H2,1H3. The first-order valence-electron chi connectivity index (χ1n) is 5.26. The smallest absolute Gasteiger partial charge is 0.216 e. The van der Waals surface area contributed by atoms with Crippen molar-refractivity contribution in [2.24, 2.45) is 0 Å². The molecule has 15 heavy (non-hydrogen) atoms. The van der Waals surface area contributed by atoms with Gasteiger partial charge in [0.05, 0.1) is 12.4 Å². The maximum absolute atomic E-state index is 11.8. The van der Waals surface area contributed by atoms with E-state index in [0.717, 1.165) is 12.8 Å². The molecule has 0 amide bonds. The van der Waals surface area contributed by atoms with Gasteiger partial charge in [0, 0.05) is 24.5 Å². The number of sulfonamides is 1. The van der Waals surface area contributed by atoms with Crippen LogP contribution in [-0.4, -0.2) is 49.6 Å². The van der Waals surface area contributed by atoms with Crippen molar-refractivity contribution in [1.29, 1.82) is 0 Å². The van der Waals surface area contributed by atoms with Crippen molar-refractivity contribution < 1.29 is 13.2 Å². The summed E-state index contributed by atoms with van der Waals surface area (Å²) >= 11 is 3.47. The van der Waals surface area contributed by atoms with E-state index in [2.05, 4.69) is 15.9 Å². The second-order valence-corrected chi connectivity index (χ2v) is 6.99. The van der Waals surface area contributed by atoms with Gasteiger partial charge in [0.2, 0.25) is 10.0 Å². The van der Waals surface area contributed by atoms with Crippen molar-refractivity contribution in [2.75, 3.05) is 32.1 Å². The molecule has 0 N–H and O–H groups in total. The van der Waals surface area contributed by atoms with Gasteiger partial charge in [-0.1, -0.05) is 15.9 Å². The fourth-order valence-corrected chi connectivity index (χ4v) is 3.85. The molecular formula is C9H18BrNO3S. The van der Waals surface area contributed by atoms with Crippen molar-refractivity contribution in [1.82, 2.24) is 4.31 Å². The van der Waals surface area contributed by atoms with Gasteiger partial charge in [0.15, 0.2) is 0 Å². The first-order chi connectivity index (χ1) is 7.06. The molecule has 0 saturated carbocycles. The molecule has 0 radical (unpaired) electrons. The summed E-state index contributed by atoms with van der Waals surface area (Å²) in [6.45, 7) is 3.96. The average molecular weight is 300 g/mol. The predicted molar refractivity (Wildman–Crippen MR) is 63.8 cm³/mol. The van der Waals surface area contributed by atoms with Crippen LogP contribution in [0.3, 0.4) is 0 Å². The second kappa shape index (κ2) is 6.18. The first-order valence-corrected chi connectivity index (χ1v) is 7.78. The van der Waals surface area contributed by atoms with E-state index in [4.69, 9.17) is 4.74 Å². The van der Waals surface area contributed by atoms with Gasteiger partial charge in [-0.15, -0.1) is 0 Å². The third-order valence-electron chi connectivity index (χ3n) is 2.41. The summed E-state index contributed by atoms with van der Waals surface area (Å²) in [6.07, 6.45) is 1.99. The zero-order valence-corrected chi connectivity index (χ0v) is 11.4. The Morgan fingerprint density at radius 3 is 2.87 bits per heavy atom. The van der Waals surface area contributed by atoms with Gasteiger partial charge in [0.25, 0.3) is 0 Å². The van der Waals surface area contributed by atoms with Gasteiger partial charge < -0.3 is 4.74 Å². The predicted octanol–water partition coefficient (Wildman–Crippen LogP) is 1.21. The van der Waals surface area contributed by atoms with E-state index in [1.165, 1.54) is 0 Å². The number of nitrogens with zero attached hydrogens (tertiary/aromatic N) is 1. The third-order valence-corrected chi connectivity index (χ3v) is 4.96. The Kier molecular flexibility index (Phi) is 5.52. The molecule has 0 aliphatic carbocycles. The summed E-state index contributed by atoms with van der Waals surface area (Å²) in [7, 11) is -3.11. The van der Waals surface area contributed by atoms with E-state index < -0.39 is 10.0 Å². The third kappa shape index (κ3) is 4.38. The Bertz CT molecular complexity index is 281. The molecule has 1 unspecified atom stereocenters. The minimum absolute atomic E-state index is 0.0978. The molecule has 1 aliphatic heterocycles. The van der Waals surface area contributed by atoms with Crippen molar-refractivity contribution in [3.8, 4) is 0 Å². The molecule has 1 rings (SSSR count). The average Bonchev–Trinajstić information content (AvgIpc) is 2.18. The Labute approximate surface area is 100 Å². The van der Waals surface area contributed by atoms with Crippen LogP contribution in [0.15, 0.2) is 0 Å². The molecule has 1 saturated heterocycles. The van der Waals surface area contributed by atoms with Crippen molar-refractivity contribution in [3.63, 3.8) is 0 Å². The summed E-state index contributed by atoms with van der Waals surface area (Å²) in [5.41, 5.74) is 0. The van der Waals surface area contributed by atoms with Gasteiger partial charge in [-0.2, -0.15) is 0 Å². The molecule has 1 heterocycles. The van der Waals surface area contributed by atoms with Crippen LogP contribution in [0.25, 0.3) is 0 Å². The lowest BCUT2D eigenvalue weighted by Gasteiger charge is -2.29. The van der Waals surface area contributed by atoms with Crippen LogP contribution < -0.4 is 0 Å². The molecule has 0 aromatic rings. The summed E-state index contributed by atoms with van der Waals surface area (Å²) < 4.78 is 30.3. The van der Waals surface area contributed by atoms with Crippen LogP contribution in [-0.2, 0) is 14.8 Å². The maximum Gasteiger partial charge on any atom is 0.216 e. The molecule has 0 aromatic carbocycles. The topological polar surface area (TPSA) is 46.6 Å². The quantitative estimate of drug-likeness (QED) is 0.566. The molecular weight excluding hydrogens is 282 g/mol. The zero-order valence-electron chi connectivity index (χ0n) is 8.99. The van der Waals surface area contributed by atoms with Crippen LogP contribution in [0, 0.1) is 0 Å². The van der Waals surface area contributed by atoms with Gasteiger partial charge in [-0.3, -0.25) is 0 Å². The highest BCUT2D eigenvalue weighted by atomic mass is 79.9. The summed E-state index contributed by atoms with van der Waals surface area (Å²) in [4.78, 5) is 0.299. The molecule has 0 bridgehead atoms. The molecule has 0 spiro atoms. The van der Waals surface area contributed by atoms with Crippen LogP contribution in [0.2, 0.25) is 0 Å². The Balaban J connectivity index is 2.45. The molecule has 90 valence electrons. The summed E-state index contributed by atoms with van der Waals surface area (Å²) in [5, 5.41) is 0. The molecule has 1 fully saturated rings. The van der Waals surface area contributed by atoms with E-state index in [1.807, 2.05) is 6.92 Å². The largest absolute Gasteiger partial charge is 0.381 e. The van der Waals surface area contributed by atoms with Gasteiger partial charge in [-0.25, -0.2) is 12.7 Å². The molecule has 1 aliphatic rings.